The summed E-state index contributed by atoms with van der Waals surface area (Å²) in [6.07, 6.45) is 0. The molecule has 1 heterocycles. The van der Waals surface area contributed by atoms with Gasteiger partial charge in [-0.05, 0) is 43.7 Å². The van der Waals surface area contributed by atoms with Gasteiger partial charge in [0.15, 0.2) is 0 Å². The third-order valence-electron chi connectivity index (χ3n) is 3.70. The topological polar surface area (TPSA) is 87.1 Å². The van der Waals surface area contributed by atoms with Crippen LogP contribution >= 0.6 is 11.6 Å². The van der Waals surface area contributed by atoms with Gasteiger partial charge in [0.25, 0.3) is 0 Å². The number of hydrogen-bond acceptors (Lipinski definition) is 5. The lowest BCUT2D eigenvalue weighted by molar-refractivity contribution is 0.0698. The lowest BCUT2D eigenvalue weighted by Crippen LogP contribution is -2.05. The second-order valence-electron chi connectivity index (χ2n) is 5.75. The molecule has 7 heteroatoms. The van der Waals surface area contributed by atoms with Crippen LogP contribution in [0.25, 0.3) is 0 Å². The number of nitrogens with zero attached hydrogens (tertiary/aromatic N) is 2. The first-order valence-corrected chi connectivity index (χ1v) is 8.28. The van der Waals surface area contributed by atoms with Gasteiger partial charge in [-0.3, -0.25) is 0 Å². The van der Waals surface area contributed by atoms with Gasteiger partial charge in [-0.2, -0.15) is 0 Å². The standard InChI is InChI=1S/C19H17ClN4O2/c1-11-7-8-13(9-15(11)20)23-17-10-18(22-12(2)21-17)24-16-6-4-3-5-14(16)19(25)26/h3-10H,1-2H3,(H,25,26)(H2,21,22,23,24). The van der Waals surface area contributed by atoms with E-state index < -0.39 is 5.97 Å². The van der Waals surface area contributed by atoms with Gasteiger partial charge in [-0.25, -0.2) is 14.8 Å². The van der Waals surface area contributed by atoms with Crippen molar-refractivity contribution >= 4 is 40.6 Å². The van der Waals surface area contributed by atoms with E-state index in [-0.39, 0.29) is 5.56 Å². The summed E-state index contributed by atoms with van der Waals surface area (Å²) in [5.74, 6) is 0.606. The molecule has 0 aliphatic rings. The number of nitrogens with one attached hydrogen (secondary N) is 2. The smallest absolute Gasteiger partial charge is 0.337 e. The molecule has 0 saturated heterocycles. The molecule has 2 aromatic carbocycles. The predicted molar refractivity (Wildman–Crippen MR) is 103 cm³/mol. The number of hydrogen-bond donors (Lipinski definition) is 3. The Morgan fingerprint density at radius 1 is 1.00 bits per heavy atom. The van der Waals surface area contributed by atoms with Crippen LogP contribution in [0, 0.1) is 13.8 Å². The molecule has 0 unspecified atom stereocenters. The van der Waals surface area contributed by atoms with Gasteiger partial charge in [0.05, 0.1) is 11.3 Å². The Labute approximate surface area is 155 Å². The number of benzene rings is 2. The first-order chi connectivity index (χ1) is 12.4. The summed E-state index contributed by atoms with van der Waals surface area (Å²) >= 11 is 6.16. The Balaban J connectivity index is 1.88. The molecule has 1 aromatic heterocycles. The van der Waals surface area contributed by atoms with E-state index in [4.69, 9.17) is 11.6 Å². The fourth-order valence-electron chi connectivity index (χ4n) is 2.43. The first-order valence-electron chi connectivity index (χ1n) is 7.90. The molecule has 0 saturated carbocycles. The third kappa shape index (κ3) is 4.10. The van der Waals surface area contributed by atoms with Crippen molar-refractivity contribution in [2.24, 2.45) is 0 Å². The van der Waals surface area contributed by atoms with Crippen LogP contribution < -0.4 is 10.6 Å². The van der Waals surface area contributed by atoms with Crippen molar-refractivity contribution in [1.29, 1.82) is 0 Å². The second kappa shape index (κ2) is 7.41. The predicted octanol–water partition coefficient (Wildman–Crippen LogP) is 4.93. The Morgan fingerprint density at radius 2 is 1.69 bits per heavy atom. The largest absolute Gasteiger partial charge is 0.478 e. The Kier molecular flexibility index (Phi) is 5.04. The molecule has 0 bridgehead atoms. The SMILES string of the molecule is Cc1nc(Nc2ccc(C)c(Cl)c2)cc(Nc2ccccc2C(=O)O)n1. The zero-order valence-electron chi connectivity index (χ0n) is 14.2. The van der Waals surface area contributed by atoms with E-state index in [1.165, 1.54) is 6.07 Å². The maximum Gasteiger partial charge on any atom is 0.337 e. The van der Waals surface area contributed by atoms with Crippen LogP contribution in [-0.4, -0.2) is 21.0 Å². The highest BCUT2D eigenvalue weighted by atomic mass is 35.5. The molecule has 3 N–H and O–H groups in total. The van der Waals surface area contributed by atoms with Gasteiger partial charge in [0.1, 0.15) is 17.5 Å². The summed E-state index contributed by atoms with van der Waals surface area (Å²) < 4.78 is 0. The van der Waals surface area contributed by atoms with Crippen LogP contribution in [0.5, 0.6) is 0 Å². The van der Waals surface area contributed by atoms with Gasteiger partial charge in [0, 0.05) is 16.8 Å². The lowest BCUT2D eigenvalue weighted by Gasteiger charge is -2.12. The molecule has 132 valence electrons. The van der Waals surface area contributed by atoms with Gasteiger partial charge >= 0.3 is 5.97 Å². The average Bonchev–Trinajstić information content (AvgIpc) is 2.58. The van der Waals surface area contributed by atoms with Crippen LogP contribution in [0.2, 0.25) is 5.02 Å². The maximum atomic E-state index is 11.3. The van der Waals surface area contributed by atoms with E-state index in [1.54, 1.807) is 31.2 Å². The number of carboxylic acid groups (broad SMARTS) is 1. The summed E-state index contributed by atoms with van der Waals surface area (Å²) in [5, 5.41) is 16.2. The summed E-state index contributed by atoms with van der Waals surface area (Å²) in [4.78, 5) is 20.0. The van der Waals surface area contributed by atoms with E-state index in [0.717, 1.165) is 11.3 Å². The van der Waals surface area contributed by atoms with Gasteiger partial charge in [0.2, 0.25) is 0 Å². The molecule has 0 radical (unpaired) electrons. The molecule has 3 aromatic rings. The van der Waals surface area contributed by atoms with Crippen molar-refractivity contribution in [3.8, 4) is 0 Å². The van der Waals surface area contributed by atoms with Crippen molar-refractivity contribution in [1.82, 2.24) is 9.97 Å². The van der Waals surface area contributed by atoms with Gasteiger partial charge in [-0.1, -0.05) is 29.8 Å². The summed E-state index contributed by atoms with van der Waals surface area (Å²) in [5.41, 5.74) is 2.42. The minimum atomic E-state index is -1.01. The number of rotatable bonds is 5. The van der Waals surface area contributed by atoms with E-state index in [0.29, 0.717) is 28.2 Å². The summed E-state index contributed by atoms with van der Waals surface area (Å²) in [6, 6.07) is 14.0. The zero-order valence-corrected chi connectivity index (χ0v) is 15.0. The van der Waals surface area contributed by atoms with E-state index in [9.17, 15) is 9.90 Å². The van der Waals surface area contributed by atoms with E-state index in [1.807, 2.05) is 25.1 Å². The second-order valence-corrected chi connectivity index (χ2v) is 6.16. The number of carboxylic acids is 1. The number of para-hydroxylation sites is 1. The van der Waals surface area contributed by atoms with Crippen molar-refractivity contribution in [2.75, 3.05) is 10.6 Å². The first kappa shape index (κ1) is 17.7. The van der Waals surface area contributed by atoms with Crippen molar-refractivity contribution in [2.45, 2.75) is 13.8 Å². The van der Waals surface area contributed by atoms with Gasteiger partial charge in [-0.15, -0.1) is 0 Å². The minimum absolute atomic E-state index is 0.170. The third-order valence-corrected chi connectivity index (χ3v) is 4.11. The molecule has 0 atom stereocenters. The van der Waals surface area contributed by atoms with E-state index in [2.05, 4.69) is 20.6 Å². The Morgan fingerprint density at radius 3 is 2.38 bits per heavy atom. The fraction of sp³-hybridized carbons (Fsp3) is 0.105. The monoisotopic (exact) mass is 368 g/mol. The highest BCUT2D eigenvalue weighted by Gasteiger charge is 2.11. The molecule has 0 aliphatic carbocycles. The van der Waals surface area contributed by atoms with E-state index >= 15 is 0 Å². The lowest BCUT2D eigenvalue weighted by atomic mass is 10.2. The number of anilines is 4. The number of halogens is 1. The van der Waals surface area contributed by atoms with Crippen LogP contribution in [-0.2, 0) is 0 Å². The highest BCUT2D eigenvalue weighted by molar-refractivity contribution is 6.31. The number of carbonyl (C=O) groups is 1. The number of aromatic nitrogens is 2. The number of aryl methyl sites for hydroxylation is 2. The molecule has 0 fully saturated rings. The molecule has 0 aliphatic heterocycles. The zero-order chi connectivity index (χ0) is 18.7. The molecule has 0 amide bonds. The van der Waals surface area contributed by atoms with Crippen LogP contribution in [0.4, 0.5) is 23.0 Å². The van der Waals surface area contributed by atoms with Crippen LogP contribution in [0.1, 0.15) is 21.7 Å². The van der Waals surface area contributed by atoms with Crippen molar-refractivity contribution in [3.05, 3.63) is 70.5 Å². The summed E-state index contributed by atoms with van der Waals surface area (Å²) in [6.45, 7) is 3.70. The molecular weight excluding hydrogens is 352 g/mol. The maximum absolute atomic E-state index is 11.3. The van der Waals surface area contributed by atoms with Crippen LogP contribution in [0.15, 0.2) is 48.5 Å². The molecule has 6 nitrogen and oxygen atoms in total. The van der Waals surface area contributed by atoms with Crippen molar-refractivity contribution < 1.29 is 9.90 Å². The highest BCUT2D eigenvalue weighted by Crippen LogP contribution is 2.25. The van der Waals surface area contributed by atoms with Crippen molar-refractivity contribution in [3.63, 3.8) is 0 Å². The number of aromatic carboxylic acids is 1. The quantitative estimate of drug-likeness (QED) is 0.591. The minimum Gasteiger partial charge on any atom is -0.478 e. The molecule has 0 spiro atoms. The Bertz CT molecular complexity index is 976. The fourth-order valence-corrected chi connectivity index (χ4v) is 2.61. The average molecular weight is 369 g/mol. The summed E-state index contributed by atoms with van der Waals surface area (Å²) in [7, 11) is 0. The normalized spacial score (nSPS) is 10.4. The molecule has 3 rings (SSSR count). The molecule has 26 heavy (non-hydrogen) atoms. The van der Waals surface area contributed by atoms with Gasteiger partial charge < -0.3 is 15.7 Å². The van der Waals surface area contributed by atoms with Crippen LogP contribution in [0.3, 0.4) is 0 Å². The Hall–Kier alpha value is -3.12. The molecular formula is C19H17ClN4O2.